The fraction of sp³-hybridized carbons (Fsp3) is 0.316. The Balaban J connectivity index is 1.82. The molecule has 1 aromatic heterocycles. The van der Waals surface area contributed by atoms with E-state index in [1.54, 1.807) is 37.3 Å². The van der Waals surface area contributed by atoms with E-state index in [2.05, 4.69) is 11.4 Å². The second-order valence-electron chi connectivity index (χ2n) is 6.40. The number of nitrogens with zero attached hydrogens (tertiary/aromatic N) is 1. The topological polar surface area (TPSA) is 90.2 Å². The molecule has 6 heteroatoms. The average molecular weight is 354 g/mol. The number of carboxylic acid groups (broad SMARTS) is 1. The zero-order valence-corrected chi connectivity index (χ0v) is 14.7. The van der Waals surface area contributed by atoms with Crippen LogP contribution >= 0.6 is 11.3 Å². The van der Waals surface area contributed by atoms with Gasteiger partial charge in [0.1, 0.15) is 11.1 Å². The minimum absolute atomic E-state index is 0.195. The van der Waals surface area contributed by atoms with Crippen molar-refractivity contribution in [2.45, 2.75) is 38.0 Å². The molecule has 1 aliphatic rings. The number of benzene rings is 1. The van der Waals surface area contributed by atoms with Gasteiger partial charge in [-0.05, 0) is 37.3 Å². The lowest BCUT2D eigenvalue weighted by Gasteiger charge is -2.24. The summed E-state index contributed by atoms with van der Waals surface area (Å²) in [6, 6.07) is 10.9. The number of carbonyl (C=O) groups excluding carboxylic acids is 1. The highest BCUT2D eigenvalue weighted by molar-refractivity contribution is 7.16. The molecule has 128 valence electrons. The number of hydrogen-bond acceptors (Lipinski definition) is 4. The normalized spacial score (nSPS) is 15.0. The molecule has 0 fully saturated rings. The molecule has 0 saturated heterocycles. The Morgan fingerprint density at radius 2 is 2.04 bits per heavy atom. The number of carbonyl (C=O) groups is 2. The van der Waals surface area contributed by atoms with Gasteiger partial charge >= 0.3 is 5.97 Å². The summed E-state index contributed by atoms with van der Waals surface area (Å²) in [5.74, 6) is -1.45. The Hall–Kier alpha value is -2.65. The minimum atomic E-state index is -1.32. The van der Waals surface area contributed by atoms with Crippen LogP contribution in [0.5, 0.6) is 0 Å². The van der Waals surface area contributed by atoms with Crippen molar-refractivity contribution in [3.63, 3.8) is 0 Å². The maximum atomic E-state index is 12.5. The molecule has 1 amide bonds. The Bertz CT molecular complexity index is 867. The Morgan fingerprint density at radius 3 is 2.68 bits per heavy atom. The lowest BCUT2D eigenvalue weighted by molar-refractivity contribution is -0.145. The molecule has 1 aromatic carbocycles. The molecule has 2 N–H and O–H groups in total. The SMILES string of the molecule is C[C@](CC(=O)Nc1sc2c(c1C#N)CCC2)(C(=O)O)c1ccccc1. The van der Waals surface area contributed by atoms with E-state index in [1.165, 1.54) is 11.3 Å². The molecule has 0 bridgehead atoms. The molecule has 1 aliphatic carbocycles. The van der Waals surface area contributed by atoms with Gasteiger partial charge in [0.25, 0.3) is 0 Å². The van der Waals surface area contributed by atoms with E-state index in [-0.39, 0.29) is 6.42 Å². The molecular formula is C19H18N2O3S. The number of nitriles is 1. The Kier molecular flexibility index (Phi) is 4.60. The smallest absolute Gasteiger partial charge is 0.314 e. The van der Waals surface area contributed by atoms with Crippen LogP contribution in [0.2, 0.25) is 0 Å². The third-order valence-corrected chi connectivity index (χ3v) is 5.89. The van der Waals surface area contributed by atoms with Crippen LogP contribution in [0.3, 0.4) is 0 Å². The van der Waals surface area contributed by atoms with Crippen LogP contribution in [0.1, 0.15) is 41.3 Å². The molecule has 0 radical (unpaired) electrons. The van der Waals surface area contributed by atoms with E-state index < -0.39 is 17.3 Å². The molecule has 2 aromatic rings. The average Bonchev–Trinajstić information content (AvgIpc) is 3.15. The molecule has 0 unspecified atom stereocenters. The van der Waals surface area contributed by atoms with E-state index in [1.807, 2.05) is 0 Å². The van der Waals surface area contributed by atoms with Gasteiger partial charge in [-0.3, -0.25) is 9.59 Å². The number of fused-ring (bicyclic) bond motifs is 1. The summed E-state index contributed by atoms with van der Waals surface area (Å²) in [6.07, 6.45) is 2.64. The largest absolute Gasteiger partial charge is 0.481 e. The van der Waals surface area contributed by atoms with Crippen LogP contribution in [0.15, 0.2) is 30.3 Å². The van der Waals surface area contributed by atoms with Gasteiger partial charge in [-0.25, -0.2) is 0 Å². The molecule has 0 spiro atoms. The zero-order chi connectivity index (χ0) is 18.0. The van der Waals surface area contributed by atoms with Gasteiger partial charge in [-0.15, -0.1) is 11.3 Å². The number of aliphatic carboxylic acids is 1. The van der Waals surface area contributed by atoms with Crippen LogP contribution < -0.4 is 5.32 Å². The summed E-state index contributed by atoms with van der Waals surface area (Å²) in [5.41, 5.74) is 0.819. The van der Waals surface area contributed by atoms with E-state index in [0.29, 0.717) is 16.1 Å². The number of anilines is 1. The first kappa shape index (κ1) is 17.2. The Labute approximate surface area is 149 Å². The second kappa shape index (κ2) is 6.69. The number of carboxylic acids is 1. The number of nitrogens with one attached hydrogen (secondary N) is 1. The third-order valence-electron chi connectivity index (χ3n) is 4.68. The van der Waals surface area contributed by atoms with E-state index >= 15 is 0 Å². The number of rotatable bonds is 5. The lowest BCUT2D eigenvalue weighted by Crippen LogP contribution is -2.36. The molecular weight excluding hydrogens is 336 g/mol. The van der Waals surface area contributed by atoms with Crippen LogP contribution in [-0.4, -0.2) is 17.0 Å². The highest BCUT2D eigenvalue weighted by Gasteiger charge is 2.38. The van der Waals surface area contributed by atoms with Gasteiger partial charge in [-0.2, -0.15) is 5.26 Å². The maximum absolute atomic E-state index is 12.5. The zero-order valence-electron chi connectivity index (χ0n) is 13.8. The van der Waals surface area contributed by atoms with Gasteiger partial charge in [0, 0.05) is 11.3 Å². The molecule has 25 heavy (non-hydrogen) atoms. The van der Waals surface area contributed by atoms with Gasteiger partial charge in [0.05, 0.1) is 11.0 Å². The number of hydrogen-bond donors (Lipinski definition) is 2. The first-order valence-electron chi connectivity index (χ1n) is 8.09. The fourth-order valence-electron chi connectivity index (χ4n) is 3.21. The molecule has 5 nitrogen and oxygen atoms in total. The highest BCUT2D eigenvalue weighted by atomic mass is 32.1. The monoisotopic (exact) mass is 354 g/mol. The van der Waals surface area contributed by atoms with Crippen molar-refractivity contribution in [3.8, 4) is 6.07 Å². The predicted octanol–water partition coefficient (Wildman–Crippen LogP) is 3.48. The molecule has 0 aliphatic heterocycles. The minimum Gasteiger partial charge on any atom is -0.481 e. The molecule has 3 rings (SSSR count). The predicted molar refractivity (Wildman–Crippen MR) is 95.7 cm³/mol. The third kappa shape index (κ3) is 3.15. The van der Waals surface area contributed by atoms with Crippen molar-refractivity contribution < 1.29 is 14.7 Å². The standard InChI is InChI=1S/C19H18N2O3S/c1-19(18(23)24,12-6-3-2-4-7-12)10-16(22)21-17-14(11-20)13-8-5-9-15(13)25-17/h2-4,6-7H,5,8-10H2,1H3,(H,21,22)(H,23,24)/t19-/m1/s1. The summed E-state index contributed by atoms with van der Waals surface area (Å²) in [4.78, 5) is 25.5. The Morgan fingerprint density at radius 1 is 1.32 bits per heavy atom. The van der Waals surface area contributed by atoms with E-state index in [4.69, 9.17) is 0 Å². The van der Waals surface area contributed by atoms with E-state index in [9.17, 15) is 20.0 Å². The highest BCUT2D eigenvalue weighted by Crippen LogP contribution is 2.39. The summed E-state index contributed by atoms with van der Waals surface area (Å²) in [6.45, 7) is 1.55. The molecule has 1 heterocycles. The lowest BCUT2D eigenvalue weighted by atomic mass is 9.79. The molecule has 0 saturated carbocycles. The summed E-state index contributed by atoms with van der Waals surface area (Å²) in [5, 5.41) is 22.4. The van der Waals surface area contributed by atoms with Crippen molar-refractivity contribution in [1.82, 2.24) is 0 Å². The van der Waals surface area contributed by atoms with Gasteiger partial charge in [0.15, 0.2) is 0 Å². The van der Waals surface area contributed by atoms with Crippen molar-refractivity contribution in [2.75, 3.05) is 5.32 Å². The first-order chi connectivity index (χ1) is 12.0. The number of amides is 1. The van der Waals surface area contributed by atoms with Crippen LogP contribution in [-0.2, 0) is 27.8 Å². The summed E-state index contributed by atoms with van der Waals surface area (Å²) in [7, 11) is 0. The van der Waals surface area contributed by atoms with Crippen molar-refractivity contribution >= 4 is 28.2 Å². The number of thiophene rings is 1. The van der Waals surface area contributed by atoms with Gasteiger partial charge in [-0.1, -0.05) is 30.3 Å². The first-order valence-corrected chi connectivity index (χ1v) is 8.91. The van der Waals surface area contributed by atoms with Crippen LogP contribution in [0.4, 0.5) is 5.00 Å². The van der Waals surface area contributed by atoms with Gasteiger partial charge in [0.2, 0.25) is 5.91 Å². The van der Waals surface area contributed by atoms with Crippen LogP contribution in [0, 0.1) is 11.3 Å². The van der Waals surface area contributed by atoms with Crippen molar-refractivity contribution in [3.05, 3.63) is 51.9 Å². The van der Waals surface area contributed by atoms with Crippen molar-refractivity contribution in [2.24, 2.45) is 0 Å². The maximum Gasteiger partial charge on any atom is 0.314 e. The number of aryl methyl sites for hydroxylation is 1. The summed E-state index contributed by atoms with van der Waals surface area (Å²) < 4.78 is 0. The second-order valence-corrected chi connectivity index (χ2v) is 7.51. The quantitative estimate of drug-likeness (QED) is 0.860. The van der Waals surface area contributed by atoms with Gasteiger partial charge < -0.3 is 10.4 Å². The van der Waals surface area contributed by atoms with Crippen LogP contribution in [0.25, 0.3) is 0 Å². The molecule has 1 atom stereocenters. The van der Waals surface area contributed by atoms with E-state index in [0.717, 1.165) is 29.7 Å². The van der Waals surface area contributed by atoms with Crippen molar-refractivity contribution in [1.29, 1.82) is 5.26 Å². The summed E-state index contributed by atoms with van der Waals surface area (Å²) >= 11 is 1.43. The fourth-order valence-corrected chi connectivity index (χ4v) is 4.47.